The molecule has 3 aromatic rings. The first-order valence-electron chi connectivity index (χ1n) is 10.9. The SMILES string of the molecule is Nc1nc2c(ncn2[C@@H]2O[C@H](COP(=O)(O)OP(=O)(O)O)[C@](O)(C(=O)C(CO)c3ccccc3)[C@H]2O)c(=O)[nH]1. The summed E-state index contributed by atoms with van der Waals surface area (Å²) >= 11 is 0. The van der Waals surface area contributed by atoms with Crippen molar-refractivity contribution in [2.45, 2.75) is 30.0 Å². The minimum Gasteiger partial charge on any atom is -0.395 e. The number of phosphoric ester groups is 1. The molecule has 0 aliphatic carbocycles. The summed E-state index contributed by atoms with van der Waals surface area (Å²) in [6, 6.07) is 7.65. The van der Waals surface area contributed by atoms with Gasteiger partial charge in [0.2, 0.25) is 5.95 Å². The van der Waals surface area contributed by atoms with Crippen molar-refractivity contribution in [1.29, 1.82) is 0 Å². The minimum absolute atomic E-state index is 0.226. The first-order valence-corrected chi connectivity index (χ1v) is 13.9. The number of nitrogens with one attached hydrogen (secondary N) is 1. The van der Waals surface area contributed by atoms with E-state index in [0.717, 1.165) is 10.9 Å². The Bertz CT molecular complexity index is 1520. The summed E-state index contributed by atoms with van der Waals surface area (Å²) in [4.78, 5) is 63.2. The number of nitrogens with two attached hydrogens (primary N) is 1. The number of anilines is 1. The molecule has 0 bridgehead atoms. The number of aliphatic hydroxyl groups excluding tert-OH is 2. The maximum atomic E-state index is 13.7. The number of carbonyl (C=O) groups excluding carboxylic acids is 1. The second-order valence-corrected chi connectivity index (χ2v) is 11.2. The molecule has 1 fully saturated rings. The molecule has 1 aliphatic heterocycles. The van der Waals surface area contributed by atoms with Gasteiger partial charge in [-0.2, -0.15) is 9.29 Å². The van der Waals surface area contributed by atoms with Gasteiger partial charge in [0.05, 0.1) is 25.5 Å². The van der Waals surface area contributed by atoms with Gasteiger partial charge in [-0.05, 0) is 5.56 Å². The Morgan fingerprint density at radius 2 is 1.92 bits per heavy atom. The Morgan fingerprint density at radius 3 is 2.54 bits per heavy atom. The number of rotatable bonds is 10. The predicted molar refractivity (Wildman–Crippen MR) is 128 cm³/mol. The molecule has 18 nitrogen and oxygen atoms in total. The number of aromatic nitrogens is 4. The Morgan fingerprint density at radius 1 is 1.26 bits per heavy atom. The lowest BCUT2D eigenvalue weighted by Crippen LogP contribution is -2.57. The molecule has 4 rings (SSSR count). The molecule has 1 aliphatic rings. The van der Waals surface area contributed by atoms with Crippen molar-refractivity contribution in [3.63, 3.8) is 0 Å². The monoisotopic (exact) mass is 591 g/mol. The smallest absolute Gasteiger partial charge is 0.395 e. The number of fused-ring (bicyclic) bond motifs is 1. The Labute approximate surface area is 217 Å². The number of aliphatic hydroxyl groups is 3. The van der Waals surface area contributed by atoms with Gasteiger partial charge >= 0.3 is 15.6 Å². The largest absolute Gasteiger partial charge is 0.481 e. The van der Waals surface area contributed by atoms with Crippen LogP contribution in [0.5, 0.6) is 0 Å². The van der Waals surface area contributed by atoms with Crippen LogP contribution in [0.25, 0.3) is 11.2 Å². The van der Waals surface area contributed by atoms with Gasteiger partial charge in [0.15, 0.2) is 28.8 Å². The number of imidazole rings is 1. The number of ether oxygens (including phenoxy) is 1. The third-order valence-corrected chi connectivity index (χ3v) is 8.09. The maximum Gasteiger partial charge on any atom is 0.481 e. The molecule has 2 unspecified atom stereocenters. The zero-order valence-electron chi connectivity index (χ0n) is 19.5. The van der Waals surface area contributed by atoms with E-state index in [4.69, 9.17) is 20.3 Å². The van der Waals surface area contributed by atoms with Gasteiger partial charge in [-0.15, -0.1) is 0 Å². The molecule has 0 spiro atoms. The van der Waals surface area contributed by atoms with Gasteiger partial charge < -0.3 is 40.5 Å². The van der Waals surface area contributed by atoms with Gasteiger partial charge in [-0.1, -0.05) is 30.3 Å². The van der Waals surface area contributed by atoms with E-state index in [9.17, 15) is 38.9 Å². The van der Waals surface area contributed by atoms with E-state index in [1.165, 1.54) is 12.1 Å². The van der Waals surface area contributed by atoms with Crippen LogP contribution in [0.2, 0.25) is 0 Å². The molecule has 1 saturated heterocycles. The lowest BCUT2D eigenvalue weighted by atomic mass is 9.79. The summed E-state index contributed by atoms with van der Waals surface area (Å²) in [5.41, 5.74) is 1.62. The molecule has 6 atom stereocenters. The van der Waals surface area contributed by atoms with E-state index in [1.807, 2.05) is 0 Å². The quantitative estimate of drug-likeness (QED) is 0.121. The van der Waals surface area contributed by atoms with E-state index in [-0.39, 0.29) is 22.7 Å². The Hall–Kier alpha value is -2.86. The zero-order valence-corrected chi connectivity index (χ0v) is 21.3. The van der Waals surface area contributed by atoms with Crippen LogP contribution in [-0.4, -0.2) is 86.3 Å². The lowest BCUT2D eigenvalue weighted by Gasteiger charge is -2.32. The number of phosphoric acid groups is 2. The molecule has 3 heterocycles. The Balaban J connectivity index is 1.76. The number of aromatic amines is 1. The van der Waals surface area contributed by atoms with Gasteiger partial charge in [0.1, 0.15) is 12.2 Å². The molecule has 1 aromatic carbocycles. The first-order chi connectivity index (χ1) is 18.2. The summed E-state index contributed by atoms with van der Waals surface area (Å²) in [5.74, 6) is -2.97. The summed E-state index contributed by atoms with van der Waals surface area (Å²) in [6.07, 6.45) is -4.94. The average molecular weight is 591 g/mol. The van der Waals surface area contributed by atoms with Crippen LogP contribution >= 0.6 is 15.6 Å². The number of carbonyl (C=O) groups is 1. The van der Waals surface area contributed by atoms with Gasteiger partial charge in [-0.25, -0.2) is 14.1 Å². The molecule has 0 amide bonds. The second kappa shape index (κ2) is 10.6. The third kappa shape index (κ3) is 5.72. The number of nitrogens with zero attached hydrogens (tertiary/aromatic N) is 3. The fraction of sp³-hybridized carbons (Fsp3) is 0.368. The first kappa shape index (κ1) is 29.1. The van der Waals surface area contributed by atoms with E-state index >= 15 is 0 Å². The lowest BCUT2D eigenvalue weighted by molar-refractivity contribution is -0.156. The van der Waals surface area contributed by atoms with Crippen molar-refractivity contribution in [2.75, 3.05) is 18.9 Å². The fourth-order valence-corrected chi connectivity index (χ4v) is 5.78. The van der Waals surface area contributed by atoms with E-state index in [1.54, 1.807) is 18.2 Å². The molecule has 0 saturated carbocycles. The minimum atomic E-state index is -5.52. The van der Waals surface area contributed by atoms with Crippen LogP contribution in [0, 0.1) is 0 Å². The van der Waals surface area contributed by atoms with Gasteiger partial charge in [0.25, 0.3) is 5.56 Å². The highest BCUT2D eigenvalue weighted by Crippen LogP contribution is 2.58. The molecule has 9 N–H and O–H groups in total. The number of Topliss-reactive ketones (excluding diaryl/α,β-unsaturated/α-hetero) is 1. The second-order valence-electron chi connectivity index (χ2n) is 8.41. The van der Waals surface area contributed by atoms with Crippen LogP contribution in [0.4, 0.5) is 5.95 Å². The van der Waals surface area contributed by atoms with Crippen molar-refractivity contribution < 1.29 is 57.5 Å². The topological polar surface area (TPSA) is 290 Å². The van der Waals surface area contributed by atoms with Gasteiger partial charge in [-0.3, -0.25) is 23.7 Å². The average Bonchev–Trinajstić information content (AvgIpc) is 3.37. The molecular weight excluding hydrogens is 568 g/mol. The van der Waals surface area contributed by atoms with Crippen LogP contribution < -0.4 is 11.3 Å². The number of hydrogen-bond donors (Lipinski definition) is 8. The van der Waals surface area contributed by atoms with E-state index < -0.39 is 70.2 Å². The highest BCUT2D eigenvalue weighted by molar-refractivity contribution is 7.60. The summed E-state index contributed by atoms with van der Waals surface area (Å²) < 4.78 is 37.9. The number of hydrogen-bond acceptors (Lipinski definition) is 13. The highest BCUT2D eigenvalue weighted by atomic mass is 31.3. The number of benzene rings is 1. The normalized spacial score (nSPS) is 25.9. The molecular formula is C19H23N5O13P2. The number of nitrogen functional groups attached to an aromatic ring is 1. The maximum absolute atomic E-state index is 13.7. The van der Waals surface area contributed by atoms with Crippen molar-refractivity contribution >= 4 is 38.5 Å². The van der Waals surface area contributed by atoms with Gasteiger partial charge in [0, 0.05) is 0 Å². The summed E-state index contributed by atoms with van der Waals surface area (Å²) in [7, 11) is -11.0. The summed E-state index contributed by atoms with van der Waals surface area (Å²) in [6.45, 7) is -2.06. The van der Waals surface area contributed by atoms with Crippen LogP contribution in [0.15, 0.2) is 41.5 Å². The van der Waals surface area contributed by atoms with Crippen LogP contribution in [-0.2, 0) is 27.5 Å². The van der Waals surface area contributed by atoms with Crippen molar-refractivity contribution in [1.82, 2.24) is 19.5 Å². The van der Waals surface area contributed by atoms with E-state index in [0.29, 0.717) is 0 Å². The van der Waals surface area contributed by atoms with Crippen molar-refractivity contribution in [3.05, 3.63) is 52.6 Å². The molecule has 212 valence electrons. The summed E-state index contributed by atoms with van der Waals surface area (Å²) in [5, 5.41) is 32.8. The van der Waals surface area contributed by atoms with Crippen molar-refractivity contribution in [2.24, 2.45) is 0 Å². The molecule has 20 heteroatoms. The highest BCUT2D eigenvalue weighted by Gasteiger charge is 2.62. The Kier molecular flexibility index (Phi) is 7.92. The molecule has 2 aromatic heterocycles. The zero-order chi connectivity index (χ0) is 28.8. The fourth-order valence-electron chi connectivity index (χ4n) is 4.20. The van der Waals surface area contributed by atoms with Crippen molar-refractivity contribution in [3.8, 4) is 0 Å². The standard InChI is InChI=1S/C19H23N5O13P2/c20-18-22-15-12(16(28)23-18)21-8-24(15)17-14(27)19(29,13(26)10(6-25)9-4-2-1-3-5-9)11(36-17)7-35-39(33,34)37-38(30,31)32/h1-5,8,10-11,14,17,25,27,29H,6-7H2,(H,33,34)(H2,30,31,32)(H3,20,22,23,28)/t10?,11-,14+,17-,19+/m1/s1. The molecule has 0 radical (unpaired) electrons. The van der Waals surface area contributed by atoms with Crippen LogP contribution in [0.3, 0.4) is 0 Å². The molecule has 39 heavy (non-hydrogen) atoms. The predicted octanol–water partition coefficient (Wildman–Crippen LogP) is -1.74. The number of H-pyrrole nitrogens is 1. The number of ketones is 1. The van der Waals surface area contributed by atoms with Crippen LogP contribution in [0.1, 0.15) is 17.7 Å². The van der Waals surface area contributed by atoms with E-state index in [2.05, 4.69) is 23.8 Å². The third-order valence-electron chi connectivity index (χ3n) is 5.93.